The molecule has 3 nitrogen and oxygen atoms in total. The summed E-state index contributed by atoms with van der Waals surface area (Å²) in [4.78, 5) is 1.28. The lowest BCUT2D eigenvalue weighted by molar-refractivity contribution is 0.632. The fraction of sp³-hybridized carbons (Fsp3) is 0.438. The molecule has 2 aromatic rings. The van der Waals surface area contributed by atoms with Gasteiger partial charge in [-0.1, -0.05) is 12.1 Å². The fourth-order valence-electron chi connectivity index (χ4n) is 2.71. The average molecular weight is 289 g/mol. The number of anilines is 1. The summed E-state index contributed by atoms with van der Waals surface area (Å²) in [6.07, 6.45) is 2.11. The number of aryl methyl sites for hydroxylation is 2. The van der Waals surface area contributed by atoms with Crippen LogP contribution in [0.5, 0.6) is 0 Å². The molecule has 0 aliphatic rings. The minimum Gasteiger partial charge on any atom is -0.377 e. The molecule has 0 amide bonds. The van der Waals surface area contributed by atoms with E-state index in [4.69, 9.17) is 0 Å². The van der Waals surface area contributed by atoms with E-state index in [0.717, 1.165) is 12.2 Å². The summed E-state index contributed by atoms with van der Waals surface area (Å²) in [5.74, 6) is 0. The zero-order valence-corrected chi connectivity index (χ0v) is 13.7. The molecule has 0 bridgehead atoms. The smallest absolute Gasteiger partial charge is 0.0649 e. The first-order chi connectivity index (χ1) is 9.58. The minimum absolute atomic E-state index is 0.253. The van der Waals surface area contributed by atoms with Crippen LogP contribution in [-0.2, 0) is 6.54 Å². The second-order valence-corrected chi connectivity index (χ2v) is 5.81. The number of thioether (sulfide) groups is 1. The van der Waals surface area contributed by atoms with Gasteiger partial charge in [0.1, 0.15) is 0 Å². The predicted molar refractivity (Wildman–Crippen MR) is 87.6 cm³/mol. The first-order valence-electron chi connectivity index (χ1n) is 7.01. The van der Waals surface area contributed by atoms with Gasteiger partial charge >= 0.3 is 0 Å². The number of nitrogens with zero attached hydrogens (tertiary/aromatic N) is 2. The zero-order valence-electron chi connectivity index (χ0n) is 12.9. The lowest BCUT2D eigenvalue weighted by Crippen LogP contribution is -2.10. The molecule has 0 saturated heterocycles. The van der Waals surface area contributed by atoms with Crippen molar-refractivity contribution in [2.45, 2.75) is 45.2 Å². The van der Waals surface area contributed by atoms with E-state index in [2.05, 4.69) is 73.3 Å². The van der Waals surface area contributed by atoms with Gasteiger partial charge in [0.25, 0.3) is 0 Å². The van der Waals surface area contributed by atoms with Gasteiger partial charge in [0.05, 0.1) is 11.7 Å². The normalized spacial score (nSPS) is 12.4. The number of para-hydroxylation sites is 1. The van der Waals surface area contributed by atoms with Crippen molar-refractivity contribution in [3.63, 3.8) is 0 Å². The van der Waals surface area contributed by atoms with Crippen LogP contribution in [0.25, 0.3) is 0 Å². The van der Waals surface area contributed by atoms with Crippen LogP contribution in [-0.4, -0.2) is 16.0 Å². The molecule has 1 atom stereocenters. The number of aromatic nitrogens is 2. The summed E-state index contributed by atoms with van der Waals surface area (Å²) in [6, 6.07) is 8.69. The first-order valence-corrected chi connectivity index (χ1v) is 8.24. The maximum atomic E-state index is 4.61. The van der Waals surface area contributed by atoms with E-state index in [1.807, 2.05) is 0 Å². The molecule has 108 valence electrons. The maximum absolute atomic E-state index is 4.61. The van der Waals surface area contributed by atoms with Gasteiger partial charge in [-0.3, -0.25) is 4.68 Å². The summed E-state index contributed by atoms with van der Waals surface area (Å²) < 4.78 is 2.07. The first kappa shape index (κ1) is 15.0. The van der Waals surface area contributed by atoms with Crippen molar-refractivity contribution in [2.24, 2.45) is 0 Å². The highest BCUT2D eigenvalue weighted by molar-refractivity contribution is 7.98. The molecule has 1 unspecified atom stereocenters. The van der Waals surface area contributed by atoms with Gasteiger partial charge in [-0.2, -0.15) is 5.10 Å². The van der Waals surface area contributed by atoms with Crippen molar-refractivity contribution in [3.8, 4) is 0 Å². The van der Waals surface area contributed by atoms with E-state index in [9.17, 15) is 0 Å². The molecular formula is C16H23N3S. The summed E-state index contributed by atoms with van der Waals surface area (Å²) in [5, 5.41) is 8.23. The Morgan fingerprint density at radius 2 is 2.00 bits per heavy atom. The summed E-state index contributed by atoms with van der Waals surface area (Å²) in [6.45, 7) is 9.49. The van der Waals surface area contributed by atoms with Crippen LogP contribution < -0.4 is 5.32 Å². The van der Waals surface area contributed by atoms with Gasteiger partial charge < -0.3 is 5.32 Å². The summed E-state index contributed by atoms with van der Waals surface area (Å²) in [7, 11) is 0. The second kappa shape index (κ2) is 6.35. The number of rotatable bonds is 5. The summed E-state index contributed by atoms with van der Waals surface area (Å²) in [5.41, 5.74) is 4.87. The number of hydrogen-bond donors (Lipinski definition) is 1. The van der Waals surface area contributed by atoms with Gasteiger partial charge in [-0.05, 0) is 46.1 Å². The third-order valence-electron chi connectivity index (χ3n) is 3.65. The molecule has 4 heteroatoms. The number of benzene rings is 1. The van der Waals surface area contributed by atoms with Gasteiger partial charge in [0, 0.05) is 28.4 Å². The molecule has 0 aliphatic carbocycles. The Morgan fingerprint density at radius 1 is 1.30 bits per heavy atom. The molecule has 0 radical (unpaired) electrons. The summed E-state index contributed by atoms with van der Waals surface area (Å²) >= 11 is 1.77. The van der Waals surface area contributed by atoms with Crippen LogP contribution in [0.15, 0.2) is 29.2 Å². The Balaban J connectivity index is 2.28. The molecular weight excluding hydrogens is 266 g/mol. The molecule has 1 N–H and O–H groups in total. The van der Waals surface area contributed by atoms with Crippen LogP contribution in [0, 0.1) is 13.8 Å². The molecule has 0 spiro atoms. The van der Waals surface area contributed by atoms with Crippen LogP contribution in [0.2, 0.25) is 0 Å². The van der Waals surface area contributed by atoms with E-state index in [0.29, 0.717) is 0 Å². The molecule has 1 aromatic heterocycles. The minimum atomic E-state index is 0.253. The van der Waals surface area contributed by atoms with Crippen molar-refractivity contribution >= 4 is 17.4 Å². The second-order valence-electron chi connectivity index (χ2n) is 4.97. The highest BCUT2D eigenvalue weighted by atomic mass is 32.2. The molecule has 0 saturated carbocycles. The highest BCUT2D eigenvalue weighted by Gasteiger charge is 2.17. The monoisotopic (exact) mass is 289 g/mol. The molecule has 2 rings (SSSR count). The van der Waals surface area contributed by atoms with E-state index >= 15 is 0 Å². The van der Waals surface area contributed by atoms with Crippen LogP contribution in [0.3, 0.4) is 0 Å². The largest absolute Gasteiger partial charge is 0.377 e. The van der Waals surface area contributed by atoms with Crippen LogP contribution >= 0.6 is 11.8 Å². The van der Waals surface area contributed by atoms with Crippen molar-refractivity contribution < 1.29 is 0 Å². The van der Waals surface area contributed by atoms with Crippen LogP contribution in [0.1, 0.15) is 36.8 Å². The van der Waals surface area contributed by atoms with E-state index in [-0.39, 0.29) is 6.04 Å². The highest BCUT2D eigenvalue weighted by Crippen LogP contribution is 2.30. The molecule has 0 aliphatic heterocycles. The lowest BCUT2D eigenvalue weighted by Gasteiger charge is -2.18. The Kier molecular flexibility index (Phi) is 4.76. The third-order valence-corrected chi connectivity index (χ3v) is 4.44. The van der Waals surface area contributed by atoms with Crippen molar-refractivity contribution in [2.75, 3.05) is 11.6 Å². The van der Waals surface area contributed by atoms with E-state index in [1.54, 1.807) is 11.8 Å². The Labute approximate surface area is 125 Å². The van der Waals surface area contributed by atoms with Gasteiger partial charge in [-0.25, -0.2) is 0 Å². The standard InChI is InChI=1S/C16H23N3S/c1-6-19-13(4)16(12(3)18-19)11(2)17-14-9-7-8-10-15(14)20-5/h7-11,17H,6H2,1-5H3. The number of nitrogens with one attached hydrogen (secondary N) is 1. The Bertz CT molecular complexity index is 589. The SMILES string of the molecule is CCn1nc(C)c(C(C)Nc2ccccc2SC)c1C. The predicted octanol–water partition coefficient (Wildman–Crippen LogP) is 4.41. The van der Waals surface area contributed by atoms with Gasteiger partial charge in [0.2, 0.25) is 0 Å². The molecule has 1 heterocycles. The van der Waals surface area contributed by atoms with E-state index in [1.165, 1.54) is 21.8 Å². The average Bonchev–Trinajstić information content (AvgIpc) is 2.73. The molecule has 20 heavy (non-hydrogen) atoms. The fourth-order valence-corrected chi connectivity index (χ4v) is 3.28. The quantitative estimate of drug-likeness (QED) is 0.827. The third kappa shape index (κ3) is 2.85. The zero-order chi connectivity index (χ0) is 14.7. The molecule has 1 aromatic carbocycles. The number of hydrogen-bond acceptors (Lipinski definition) is 3. The van der Waals surface area contributed by atoms with E-state index < -0.39 is 0 Å². The maximum Gasteiger partial charge on any atom is 0.0649 e. The van der Waals surface area contributed by atoms with Gasteiger partial charge in [0.15, 0.2) is 0 Å². The Hall–Kier alpha value is -1.42. The van der Waals surface area contributed by atoms with Crippen molar-refractivity contribution in [3.05, 3.63) is 41.2 Å². The lowest BCUT2D eigenvalue weighted by atomic mass is 10.1. The topological polar surface area (TPSA) is 29.9 Å². The van der Waals surface area contributed by atoms with Crippen molar-refractivity contribution in [1.82, 2.24) is 9.78 Å². The van der Waals surface area contributed by atoms with Crippen molar-refractivity contribution in [1.29, 1.82) is 0 Å². The van der Waals surface area contributed by atoms with Gasteiger partial charge in [-0.15, -0.1) is 11.8 Å². The Morgan fingerprint density at radius 3 is 2.60 bits per heavy atom. The molecule has 0 fully saturated rings. The van der Waals surface area contributed by atoms with Crippen LogP contribution in [0.4, 0.5) is 5.69 Å².